The van der Waals surface area contributed by atoms with Gasteiger partial charge in [0.1, 0.15) is 22.7 Å². The first-order valence-corrected chi connectivity index (χ1v) is 8.64. The zero-order valence-electron chi connectivity index (χ0n) is 15.0. The minimum absolute atomic E-state index is 0.546. The molecule has 1 N–H and O–H groups in total. The maximum atomic E-state index is 5.48. The van der Waals surface area contributed by atoms with Crippen LogP contribution in [0.1, 0.15) is 16.0 Å². The Morgan fingerprint density at radius 1 is 0.960 bits per heavy atom. The van der Waals surface area contributed by atoms with Crippen LogP contribution >= 0.6 is 11.3 Å². The Balaban J connectivity index is 1.94. The molecule has 25 heavy (non-hydrogen) atoms. The van der Waals surface area contributed by atoms with Gasteiger partial charge in [-0.25, -0.2) is 9.97 Å². The van der Waals surface area contributed by atoms with E-state index in [0.717, 1.165) is 27.3 Å². The van der Waals surface area contributed by atoms with Gasteiger partial charge in [-0.2, -0.15) is 0 Å². The van der Waals surface area contributed by atoms with Crippen molar-refractivity contribution in [3.63, 3.8) is 0 Å². The molecule has 0 fully saturated rings. The van der Waals surface area contributed by atoms with Gasteiger partial charge in [-0.1, -0.05) is 0 Å². The van der Waals surface area contributed by atoms with E-state index in [1.807, 2.05) is 12.1 Å². The molecule has 0 aliphatic heterocycles. The summed E-state index contributed by atoms with van der Waals surface area (Å²) in [5.74, 6) is 2.85. The second-order valence-electron chi connectivity index (χ2n) is 5.56. The molecule has 7 heteroatoms. The summed E-state index contributed by atoms with van der Waals surface area (Å²) in [6.07, 6.45) is 1.59. The van der Waals surface area contributed by atoms with Gasteiger partial charge in [-0.05, 0) is 25.5 Å². The highest BCUT2D eigenvalue weighted by Gasteiger charge is 2.14. The number of hydrogen-bond acceptors (Lipinski definition) is 7. The summed E-state index contributed by atoms with van der Waals surface area (Å²) in [5.41, 5.74) is 2.17. The van der Waals surface area contributed by atoms with Crippen LogP contribution in [0, 0.1) is 13.8 Å². The fourth-order valence-corrected chi connectivity index (χ4v) is 3.72. The molecule has 0 spiro atoms. The maximum absolute atomic E-state index is 5.48. The van der Waals surface area contributed by atoms with E-state index in [1.165, 1.54) is 10.4 Å². The van der Waals surface area contributed by atoms with Gasteiger partial charge in [0.05, 0.1) is 26.7 Å². The van der Waals surface area contributed by atoms with Crippen molar-refractivity contribution >= 4 is 27.4 Å². The van der Waals surface area contributed by atoms with Crippen LogP contribution in [0.15, 0.2) is 18.5 Å². The van der Waals surface area contributed by atoms with Crippen LogP contribution in [0.5, 0.6) is 17.2 Å². The smallest absolute Gasteiger partial charge is 0.164 e. The van der Waals surface area contributed by atoms with Crippen molar-refractivity contribution < 1.29 is 14.2 Å². The summed E-state index contributed by atoms with van der Waals surface area (Å²) in [5, 5.41) is 4.47. The Kier molecular flexibility index (Phi) is 4.94. The molecular formula is C18H21N3O3S. The highest BCUT2D eigenvalue weighted by molar-refractivity contribution is 7.18. The Morgan fingerprint density at radius 2 is 1.64 bits per heavy atom. The van der Waals surface area contributed by atoms with Crippen LogP contribution in [0.2, 0.25) is 0 Å². The number of hydrogen-bond donors (Lipinski definition) is 1. The Hall–Kier alpha value is -2.54. The lowest BCUT2D eigenvalue weighted by atomic mass is 10.1. The molecule has 0 aliphatic carbocycles. The Morgan fingerprint density at radius 3 is 2.32 bits per heavy atom. The topological polar surface area (TPSA) is 65.5 Å². The van der Waals surface area contributed by atoms with E-state index in [4.69, 9.17) is 14.2 Å². The van der Waals surface area contributed by atoms with E-state index in [9.17, 15) is 0 Å². The minimum atomic E-state index is 0.546. The van der Waals surface area contributed by atoms with Gasteiger partial charge >= 0.3 is 0 Å². The number of ether oxygens (including phenoxy) is 3. The van der Waals surface area contributed by atoms with Crippen LogP contribution in [-0.4, -0.2) is 31.3 Å². The number of fused-ring (bicyclic) bond motifs is 1. The largest absolute Gasteiger partial charge is 0.496 e. The third kappa shape index (κ3) is 3.19. The van der Waals surface area contributed by atoms with Crippen molar-refractivity contribution in [1.82, 2.24) is 9.97 Å². The molecule has 6 nitrogen and oxygen atoms in total. The summed E-state index contributed by atoms with van der Waals surface area (Å²) < 4.78 is 16.2. The van der Waals surface area contributed by atoms with Gasteiger partial charge in [0.15, 0.2) is 11.5 Å². The zero-order chi connectivity index (χ0) is 18.0. The van der Waals surface area contributed by atoms with Crippen molar-refractivity contribution in [1.29, 1.82) is 0 Å². The van der Waals surface area contributed by atoms with Crippen molar-refractivity contribution in [3.05, 3.63) is 34.5 Å². The number of anilines is 1. The van der Waals surface area contributed by atoms with Crippen LogP contribution in [0.25, 0.3) is 10.2 Å². The normalized spacial score (nSPS) is 10.8. The summed E-state index contributed by atoms with van der Waals surface area (Å²) in [4.78, 5) is 11.0. The monoisotopic (exact) mass is 359 g/mol. The summed E-state index contributed by atoms with van der Waals surface area (Å²) in [6.45, 7) is 4.74. The van der Waals surface area contributed by atoms with Crippen molar-refractivity contribution in [3.8, 4) is 17.2 Å². The Labute approximate surface area is 150 Å². The number of methoxy groups -OCH3 is 3. The van der Waals surface area contributed by atoms with Crippen LogP contribution in [-0.2, 0) is 6.54 Å². The fourth-order valence-electron chi connectivity index (χ4n) is 2.73. The Bertz CT molecular complexity index is 908. The molecule has 0 unspecified atom stereocenters. The first kappa shape index (κ1) is 17.3. The SMILES string of the molecule is COc1cc(OC)c(OC)cc1CNc1ncnc2sc(C)c(C)c12. The first-order chi connectivity index (χ1) is 12.1. The lowest BCUT2D eigenvalue weighted by Gasteiger charge is -2.15. The van der Waals surface area contributed by atoms with Gasteiger partial charge in [-0.3, -0.25) is 0 Å². The summed E-state index contributed by atoms with van der Waals surface area (Å²) in [6, 6.07) is 3.74. The molecule has 2 aromatic heterocycles. The number of nitrogens with zero attached hydrogens (tertiary/aromatic N) is 2. The average Bonchev–Trinajstić information content (AvgIpc) is 2.93. The number of aromatic nitrogens is 2. The summed E-state index contributed by atoms with van der Waals surface area (Å²) in [7, 11) is 4.86. The maximum Gasteiger partial charge on any atom is 0.164 e. The van der Waals surface area contributed by atoms with Crippen LogP contribution in [0.4, 0.5) is 5.82 Å². The highest BCUT2D eigenvalue weighted by Crippen LogP contribution is 2.36. The molecule has 0 saturated carbocycles. The average molecular weight is 359 g/mol. The minimum Gasteiger partial charge on any atom is -0.496 e. The molecule has 0 atom stereocenters. The first-order valence-electron chi connectivity index (χ1n) is 7.82. The number of nitrogens with one attached hydrogen (secondary N) is 1. The van der Waals surface area contributed by atoms with E-state index < -0.39 is 0 Å². The number of aryl methyl sites for hydroxylation is 2. The highest BCUT2D eigenvalue weighted by atomic mass is 32.1. The number of thiophene rings is 1. The molecule has 2 heterocycles. The van der Waals surface area contributed by atoms with Crippen LogP contribution in [0.3, 0.4) is 0 Å². The van der Waals surface area contributed by atoms with E-state index >= 15 is 0 Å². The number of benzene rings is 1. The van der Waals surface area contributed by atoms with Gasteiger partial charge in [0, 0.05) is 23.1 Å². The molecule has 1 aromatic carbocycles. The van der Waals surface area contributed by atoms with E-state index in [2.05, 4.69) is 29.1 Å². The second-order valence-corrected chi connectivity index (χ2v) is 6.76. The fraction of sp³-hybridized carbons (Fsp3) is 0.333. The third-order valence-corrected chi connectivity index (χ3v) is 5.31. The molecule has 0 radical (unpaired) electrons. The predicted molar refractivity (Wildman–Crippen MR) is 100 cm³/mol. The van der Waals surface area contributed by atoms with Gasteiger partial charge in [0.25, 0.3) is 0 Å². The van der Waals surface area contributed by atoms with E-state index in [-0.39, 0.29) is 0 Å². The van der Waals surface area contributed by atoms with Crippen molar-refractivity contribution in [2.75, 3.05) is 26.6 Å². The molecule has 0 amide bonds. The standard InChI is InChI=1S/C18H21N3O3S/c1-10-11(2)25-18-16(10)17(20-9-21-18)19-8-12-6-14(23-4)15(24-5)7-13(12)22-3/h6-7,9H,8H2,1-5H3,(H,19,20,21). The summed E-state index contributed by atoms with van der Waals surface area (Å²) >= 11 is 1.68. The molecule has 0 saturated heterocycles. The number of rotatable bonds is 6. The van der Waals surface area contributed by atoms with Crippen molar-refractivity contribution in [2.24, 2.45) is 0 Å². The molecule has 0 bridgehead atoms. The molecule has 3 rings (SSSR count). The van der Waals surface area contributed by atoms with Crippen LogP contribution < -0.4 is 19.5 Å². The van der Waals surface area contributed by atoms with Gasteiger partial charge in [0.2, 0.25) is 0 Å². The predicted octanol–water partition coefficient (Wildman–Crippen LogP) is 3.95. The third-order valence-electron chi connectivity index (χ3n) is 4.20. The zero-order valence-corrected chi connectivity index (χ0v) is 15.8. The van der Waals surface area contributed by atoms with Gasteiger partial charge in [-0.15, -0.1) is 11.3 Å². The van der Waals surface area contributed by atoms with E-state index in [0.29, 0.717) is 18.0 Å². The van der Waals surface area contributed by atoms with E-state index in [1.54, 1.807) is 39.0 Å². The quantitative estimate of drug-likeness (QED) is 0.719. The van der Waals surface area contributed by atoms with Gasteiger partial charge < -0.3 is 19.5 Å². The lowest BCUT2D eigenvalue weighted by molar-refractivity contribution is 0.347. The second kappa shape index (κ2) is 7.14. The molecule has 3 aromatic rings. The molecule has 0 aliphatic rings. The lowest BCUT2D eigenvalue weighted by Crippen LogP contribution is -2.05. The van der Waals surface area contributed by atoms with Crippen molar-refractivity contribution in [2.45, 2.75) is 20.4 Å². The molecular weight excluding hydrogens is 338 g/mol. The molecule has 132 valence electrons.